The van der Waals surface area contributed by atoms with Crippen LogP contribution in [0, 0.1) is 0 Å². The van der Waals surface area contributed by atoms with Crippen molar-refractivity contribution in [2.45, 2.75) is 11.2 Å². The van der Waals surface area contributed by atoms with Gasteiger partial charge in [0, 0.05) is 0 Å². The first kappa shape index (κ1) is 12.1. The largest absolute Gasteiger partial charge is 0.747 e. The van der Waals surface area contributed by atoms with E-state index in [2.05, 4.69) is 6.58 Å². The molecule has 5 heteroatoms. The van der Waals surface area contributed by atoms with Gasteiger partial charge in [0.05, 0.1) is 4.75 Å². The van der Waals surface area contributed by atoms with Crippen LogP contribution in [0.4, 0.5) is 0 Å². The lowest BCUT2D eigenvalue weighted by Crippen LogP contribution is -2.34. The van der Waals surface area contributed by atoms with Crippen molar-refractivity contribution in [1.82, 2.24) is 6.15 Å². The van der Waals surface area contributed by atoms with Crippen LogP contribution in [0.2, 0.25) is 0 Å². The summed E-state index contributed by atoms with van der Waals surface area (Å²) in [5, 5.41) is 0. The van der Waals surface area contributed by atoms with Crippen LogP contribution in [-0.4, -0.2) is 17.7 Å². The molecule has 4 nitrogen and oxygen atoms in total. The van der Waals surface area contributed by atoms with Crippen molar-refractivity contribution >= 4 is 10.1 Å². The summed E-state index contributed by atoms with van der Waals surface area (Å²) in [5.41, 5.74) is 0. The molecular weight excluding hydrogens is 190 g/mol. The van der Waals surface area contributed by atoms with E-state index in [1.54, 1.807) is 18.2 Å². The smallest absolute Gasteiger partial charge is 0.108 e. The minimum Gasteiger partial charge on any atom is -0.747 e. The van der Waals surface area contributed by atoms with Crippen molar-refractivity contribution < 1.29 is 13.0 Å². The standard InChI is InChI=1S/C8H10O3S.H3N/c1-2-8(12(9,10)11)6-4-3-5-7-8;/h2-6H,1,7H2,(H,9,10,11);1H3. The summed E-state index contributed by atoms with van der Waals surface area (Å²) in [5.74, 6) is 0. The van der Waals surface area contributed by atoms with Crippen molar-refractivity contribution in [2.24, 2.45) is 0 Å². The molecule has 0 aromatic rings. The van der Waals surface area contributed by atoms with Crippen LogP contribution in [0.15, 0.2) is 37.0 Å². The van der Waals surface area contributed by atoms with E-state index in [0.29, 0.717) is 0 Å². The Bertz CT molecular complexity index is 342. The van der Waals surface area contributed by atoms with E-state index in [1.165, 1.54) is 12.2 Å². The number of quaternary nitrogens is 1. The highest BCUT2D eigenvalue weighted by Gasteiger charge is 2.30. The monoisotopic (exact) mass is 203 g/mol. The van der Waals surface area contributed by atoms with E-state index in [9.17, 15) is 13.0 Å². The molecule has 0 saturated carbocycles. The van der Waals surface area contributed by atoms with Crippen LogP contribution in [-0.2, 0) is 10.1 Å². The maximum absolute atomic E-state index is 10.8. The molecule has 13 heavy (non-hydrogen) atoms. The van der Waals surface area contributed by atoms with Gasteiger partial charge in [-0.3, -0.25) is 0 Å². The van der Waals surface area contributed by atoms with Gasteiger partial charge in [0.2, 0.25) is 0 Å². The second kappa shape index (κ2) is 3.87. The number of rotatable bonds is 2. The molecule has 74 valence electrons. The predicted octanol–water partition coefficient (Wildman–Crippen LogP) is 1.35. The fourth-order valence-corrected chi connectivity index (χ4v) is 1.81. The minimum absolute atomic E-state index is 0. The molecule has 0 amide bonds. The second-order valence-corrected chi connectivity index (χ2v) is 4.27. The number of hydrogen-bond acceptors (Lipinski definition) is 3. The zero-order chi connectivity index (χ0) is 9.24. The van der Waals surface area contributed by atoms with Crippen LogP contribution in [0.3, 0.4) is 0 Å². The summed E-state index contributed by atoms with van der Waals surface area (Å²) in [7, 11) is -4.34. The highest BCUT2D eigenvalue weighted by atomic mass is 32.2. The Balaban J connectivity index is 0.00000144. The average molecular weight is 203 g/mol. The third-order valence-corrected chi connectivity index (χ3v) is 3.27. The van der Waals surface area contributed by atoms with E-state index >= 15 is 0 Å². The predicted molar refractivity (Wildman–Crippen MR) is 51.5 cm³/mol. The lowest BCUT2D eigenvalue weighted by Gasteiger charge is -2.30. The molecule has 0 saturated heterocycles. The molecule has 1 rings (SSSR count). The van der Waals surface area contributed by atoms with Gasteiger partial charge in [0.25, 0.3) is 0 Å². The Labute approximate surface area is 78.0 Å². The maximum Gasteiger partial charge on any atom is 0.108 e. The molecule has 0 radical (unpaired) electrons. The zero-order valence-corrected chi connectivity index (χ0v) is 8.25. The van der Waals surface area contributed by atoms with Gasteiger partial charge in [-0.25, -0.2) is 8.42 Å². The van der Waals surface area contributed by atoms with Crippen molar-refractivity contribution in [2.75, 3.05) is 0 Å². The molecule has 0 aliphatic heterocycles. The van der Waals surface area contributed by atoms with Crippen LogP contribution in [0.1, 0.15) is 6.42 Å². The van der Waals surface area contributed by atoms with E-state index in [1.807, 2.05) is 0 Å². The third-order valence-electron chi connectivity index (χ3n) is 1.87. The molecule has 1 atom stereocenters. The lowest BCUT2D eigenvalue weighted by atomic mass is 10.0. The molecule has 0 spiro atoms. The van der Waals surface area contributed by atoms with E-state index < -0.39 is 14.9 Å². The summed E-state index contributed by atoms with van der Waals surface area (Å²) in [6.07, 6.45) is 7.60. The number of allylic oxidation sites excluding steroid dienone is 3. The van der Waals surface area contributed by atoms with Gasteiger partial charge in [-0.1, -0.05) is 30.4 Å². The Morgan fingerprint density at radius 3 is 2.31 bits per heavy atom. The molecular formula is C8H13NO3S. The quantitative estimate of drug-likeness (QED) is 0.542. The molecule has 0 aromatic carbocycles. The van der Waals surface area contributed by atoms with Crippen molar-refractivity contribution in [3.63, 3.8) is 0 Å². The fraction of sp³-hybridized carbons (Fsp3) is 0.250. The summed E-state index contributed by atoms with van der Waals surface area (Å²) >= 11 is 0. The average Bonchev–Trinajstić information content (AvgIpc) is 2.04. The summed E-state index contributed by atoms with van der Waals surface area (Å²) < 4.78 is 31.1. The van der Waals surface area contributed by atoms with E-state index in [0.717, 1.165) is 0 Å². The normalized spacial score (nSPS) is 26.5. The molecule has 0 bridgehead atoms. The van der Waals surface area contributed by atoms with Gasteiger partial charge >= 0.3 is 0 Å². The molecule has 0 heterocycles. The van der Waals surface area contributed by atoms with E-state index in [4.69, 9.17) is 0 Å². The molecule has 1 unspecified atom stereocenters. The molecule has 1 aliphatic rings. The van der Waals surface area contributed by atoms with Gasteiger partial charge in [-0.15, -0.1) is 6.58 Å². The lowest BCUT2D eigenvalue weighted by molar-refractivity contribution is 0.442. The van der Waals surface area contributed by atoms with E-state index in [-0.39, 0.29) is 12.6 Å². The first-order valence-electron chi connectivity index (χ1n) is 3.45. The molecule has 0 aromatic heterocycles. The third kappa shape index (κ3) is 2.06. The SMILES string of the molecule is C=CC1(S(=O)(=O)[O-])C=CC=CC1.[NH4+]. The number of hydrogen-bond donors (Lipinski definition) is 1. The summed E-state index contributed by atoms with van der Waals surface area (Å²) in [6, 6.07) is 0. The van der Waals surface area contributed by atoms with Crippen LogP contribution in [0.25, 0.3) is 0 Å². The van der Waals surface area contributed by atoms with Gasteiger partial charge in [-0.2, -0.15) is 0 Å². The minimum atomic E-state index is -4.34. The Morgan fingerprint density at radius 1 is 1.46 bits per heavy atom. The first-order chi connectivity index (χ1) is 5.52. The van der Waals surface area contributed by atoms with Crippen molar-refractivity contribution in [3.05, 3.63) is 37.0 Å². The highest BCUT2D eigenvalue weighted by molar-refractivity contribution is 7.87. The highest BCUT2D eigenvalue weighted by Crippen LogP contribution is 2.27. The Morgan fingerprint density at radius 2 is 2.08 bits per heavy atom. The first-order valence-corrected chi connectivity index (χ1v) is 4.86. The fourth-order valence-electron chi connectivity index (χ4n) is 1.06. The summed E-state index contributed by atoms with van der Waals surface area (Å²) in [4.78, 5) is 0. The van der Waals surface area contributed by atoms with Gasteiger partial charge in [0.1, 0.15) is 10.1 Å². The van der Waals surface area contributed by atoms with Gasteiger partial charge in [-0.05, 0) is 6.42 Å². The molecule has 0 fully saturated rings. The van der Waals surface area contributed by atoms with Crippen LogP contribution >= 0.6 is 0 Å². The van der Waals surface area contributed by atoms with Crippen LogP contribution in [0.5, 0.6) is 0 Å². The van der Waals surface area contributed by atoms with Gasteiger partial charge < -0.3 is 10.7 Å². The maximum atomic E-state index is 10.8. The Kier molecular flexibility index (Phi) is 3.60. The topological polar surface area (TPSA) is 93.7 Å². The van der Waals surface area contributed by atoms with Crippen molar-refractivity contribution in [3.8, 4) is 0 Å². The zero-order valence-electron chi connectivity index (χ0n) is 7.43. The summed E-state index contributed by atoms with van der Waals surface area (Å²) in [6.45, 7) is 3.36. The molecule has 1 aliphatic carbocycles. The Hall–Kier alpha value is -0.910. The molecule has 4 N–H and O–H groups in total. The van der Waals surface area contributed by atoms with Crippen LogP contribution < -0.4 is 6.15 Å². The van der Waals surface area contributed by atoms with Gasteiger partial charge in [0.15, 0.2) is 0 Å². The second-order valence-electron chi connectivity index (χ2n) is 2.60. The van der Waals surface area contributed by atoms with Crippen molar-refractivity contribution in [1.29, 1.82) is 0 Å².